The maximum Gasteiger partial charge on any atom is 0.126 e. The van der Waals surface area contributed by atoms with Crippen LogP contribution in [-0.2, 0) is 6.54 Å². The molecular weight excluding hydrogens is 279 g/mol. The summed E-state index contributed by atoms with van der Waals surface area (Å²) in [6.45, 7) is 4.05. The van der Waals surface area contributed by atoms with Crippen molar-refractivity contribution >= 4 is 0 Å². The maximum atomic E-state index is 14.1. The third kappa shape index (κ3) is 3.19. The average Bonchev–Trinajstić information content (AvgIpc) is 2.93. The highest BCUT2D eigenvalue weighted by atomic mass is 19.1. The third-order valence-corrected chi connectivity index (χ3v) is 4.35. The molecule has 4 heteroatoms. The summed E-state index contributed by atoms with van der Waals surface area (Å²) in [4.78, 5) is 2.21. The van der Waals surface area contributed by atoms with Crippen molar-refractivity contribution < 1.29 is 4.39 Å². The number of aryl methyl sites for hydroxylation is 1. The second kappa shape index (κ2) is 6.57. The summed E-state index contributed by atoms with van der Waals surface area (Å²) in [5.41, 5.74) is 4.98. The molecule has 22 heavy (non-hydrogen) atoms. The van der Waals surface area contributed by atoms with Crippen LogP contribution in [-0.4, -0.2) is 24.0 Å². The second-order valence-corrected chi connectivity index (χ2v) is 6.04. The first-order valence-corrected chi connectivity index (χ1v) is 7.57. The standard InChI is InChI=1S/C18H20FN2O/c1-13-7-8-17(19)15(9-13)16-11-21(12-18(16)20-22)10-14-5-3-2-4-6-14/h2-9,16,18,20H,10-12H2,1H3/q-1/t16-,18+/m1/s1. The van der Waals surface area contributed by atoms with Gasteiger partial charge in [-0.3, -0.25) is 4.90 Å². The molecular formula is C18H20FN2O-. The fourth-order valence-corrected chi connectivity index (χ4v) is 3.24. The Hall–Kier alpha value is -1.75. The Labute approximate surface area is 130 Å². The first kappa shape index (κ1) is 15.2. The zero-order chi connectivity index (χ0) is 15.5. The molecule has 2 aromatic rings. The fourth-order valence-electron chi connectivity index (χ4n) is 3.24. The number of nitrogens with zero attached hydrogens (tertiary/aromatic N) is 1. The summed E-state index contributed by atoms with van der Waals surface area (Å²) in [5.74, 6) is -0.335. The number of hydrogen-bond acceptors (Lipinski definition) is 3. The van der Waals surface area contributed by atoms with E-state index in [0.717, 1.165) is 12.1 Å². The summed E-state index contributed by atoms with van der Waals surface area (Å²) in [7, 11) is 0. The van der Waals surface area contributed by atoms with Crippen molar-refractivity contribution in [3.05, 3.63) is 76.2 Å². The van der Waals surface area contributed by atoms with Gasteiger partial charge >= 0.3 is 0 Å². The van der Waals surface area contributed by atoms with E-state index in [-0.39, 0.29) is 17.8 Å². The first-order chi connectivity index (χ1) is 10.7. The van der Waals surface area contributed by atoms with E-state index in [1.807, 2.05) is 31.2 Å². The number of rotatable bonds is 4. The molecule has 0 saturated carbocycles. The highest BCUT2D eigenvalue weighted by Gasteiger charge is 2.33. The van der Waals surface area contributed by atoms with Crippen LogP contribution in [0.25, 0.3) is 0 Å². The molecule has 0 amide bonds. The average molecular weight is 299 g/mol. The molecule has 0 bridgehead atoms. The number of likely N-dealkylation sites (tertiary alicyclic amines) is 1. The van der Waals surface area contributed by atoms with Crippen molar-refractivity contribution in [1.82, 2.24) is 10.4 Å². The van der Waals surface area contributed by atoms with Crippen LogP contribution >= 0.6 is 0 Å². The zero-order valence-electron chi connectivity index (χ0n) is 12.6. The third-order valence-electron chi connectivity index (χ3n) is 4.35. The molecule has 0 spiro atoms. The van der Waals surface area contributed by atoms with Gasteiger partial charge in [0, 0.05) is 31.6 Å². The van der Waals surface area contributed by atoms with Gasteiger partial charge in [-0.1, -0.05) is 48.0 Å². The largest absolute Gasteiger partial charge is 0.787 e. The molecule has 3 rings (SSSR count). The Kier molecular flexibility index (Phi) is 4.52. The van der Waals surface area contributed by atoms with E-state index >= 15 is 0 Å². The summed E-state index contributed by atoms with van der Waals surface area (Å²) < 4.78 is 14.1. The molecule has 2 atom stereocenters. The predicted molar refractivity (Wildman–Crippen MR) is 85.9 cm³/mol. The number of nitrogens with one attached hydrogen (secondary N) is 1. The van der Waals surface area contributed by atoms with E-state index in [9.17, 15) is 9.60 Å². The van der Waals surface area contributed by atoms with E-state index in [4.69, 9.17) is 0 Å². The van der Waals surface area contributed by atoms with Crippen LogP contribution < -0.4 is 5.48 Å². The van der Waals surface area contributed by atoms with Gasteiger partial charge in [-0.25, -0.2) is 4.39 Å². The highest BCUT2D eigenvalue weighted by molar-refractivity contribution is 5.30. The topological polar surface area (TPSA) is 38.3 Å². The molecule has 0 unspecified atom stereocenters. The molecule has 2 aromatic carbocycles. The quantitative estimate of drug-likeness (QED) is 0.881. The Morgan fingerprint density at radius 1 is 1.18 bits per heavy atom. The Bertz CT molecular complexity index is 632. The Morgan fingerprint density at radius 2 is 1.95 bits per heavy atom. The Balaban J connectivity index is 1.79. The normalized spacial score (nSPS) is 22.1. The smallest absolute Gasteiger partial charge is 0.126 e. The van der Waals surface area contributed by atoms with Gasteiger partial charge in [-0.05, 0) is 24.1 Å². The molecule has 116 valence electrons. The van der Waals surface area contributed by atoms with Crippen LogP contribution in [0.2, 0.25) is 0 Å². The van der Waals surface area contributed by atoms with Crippen molar-refractivity contribution in [2.75, 3.05) is 13.1 Å². The minimum Gasteiger partial charge on any atom is -0.787 e. The summed E-state index contributed by atoms with van der Waals surface area (Å²) >= 11 is 0. The lowest BCUT2D eigenvalue weighted by atomic mass is 9.93. The van der Waals surface area contributed by atoms with Crippen LogP contribution in [0.4, 0.5) is 4.39 Å². The molecule has 0 radical (unpaired) electrons. The molecule has 1 heterocycles. The minimum absolute atomic E-state index is 0.110. The highest BCUT2D eigenvalue weighted by Crippen LogP contribution is 2.31. The molecule has 1 aliphatic rings. The van der Waals surface area contributed by atoms with Gasteiger partial charge < -0.3 is 10.7 Å². The lowest BCUT2D eigenvalue weighted by molar-refractivity contribution is 0.321. The van der Waals surface area contributed by atoms with E-state index in [0.29, 0.717) is 18.7 Å². The molecule has 1 N–H and O–H groups in total. The lowest BCUT2D eigenvalue weighted by Gasteiger charge is -2.24. The zero-order valence-corrected chi connectivity index (χ0v) is 12.6. The summed E-state index contributed by atoms with van der Waals surface area (Å²) in [6.07, 6.45) is 0. The van der Waals surface area contributed by atoms with Crippen LogP contribution in [0.3, 0.4) is 0 Å². The van der Waals surface area contributed by atoms with Gasteiger partial charge in [-0.15, -0.1) is 0 Å². The molecule has 1 fully saturated rings. The van der Waals surface area contributed by atoms with Crippen LogP contribution in [0, 0.1) is 17.9 Å². The molecule has 3 nitrogen and oxygen atoms in total. The van der Waals surface area contributed by atoms with Crippen LogP contribution in [0.1, 0.15) is 22.6 Å². The van der Waals surface area contributed by atoms with Crippen LogP contribution in [0.5, 0.6) is 0 Å². The predicted octanol–water partition coefficient (Wildman–Crippen LogP) is 3.19. The second-order valence-electron chi connectivity index (χ2n) is 6.04. The van der Waals surface area contributed by atoms with Crippen molar-refractivity contribution in [1.29, 1.82) is 0 Å². The number of hydrogen-bond donors (Lipinski definition) is 1. The summed E-state index contributed by atoms with van der Waals surface area (Å²) in [5, 5.41) is 11.3. The van der Waals surface area contributed by atoms with E-state index < -0.39 is 0 Å². The summed E-state index contributed by atoms with van der Waals surface area (Å²) in [6, 6.07) is 15.0. The minimum atomic E-state index is -0.264. The lowest BCUT2D eigenvalue weighted by Crippen LogP contribution is -2.31. The fraction of sp³-hybridized carbons (Fsp3) is 0.333. The van der Waals surface area contributed by atoms with Gasteiger partial charge in [0.2, 0.25) is 0 Å². The monoisotopic (exact) mass is 299 g/mol. The van der Waals surface area contributed by atoms with Crippen molar-refractivity contribution in [2.24, 2.45) is 0 Å². The van der Waals surface area contributed by atoms with E-state index in [2.05, 4.69) is 22.5 Å². The SMILES string of the molecule is Cc1ccc(F)c([C@H]2CN(Cc3ccccc3)C[C@@H]2N[O-])c1. The molecule has 1 aliphatic heterocycles. The number of halogens is 1. The van der Waals surface area contributed by atoms with E-state index in [1.54, 1.807) is 6.07 Å². The van der Waals surface area contributed by atoms with Crippen molar-refractivity contribution in [2.45, 2.75) is 25.4 Å². The first-order valence-electron chi connectivity index (χ1n) is 7.57. The van der Waals surface area contributed by atoms with Gasteiger partial charge in [0.25, 0.3) is 0 Å². The van der Waals surface area contributed by atoms with Gasteiger partial charge in [0.1, 0.15) is 5.82 Å². The van der Waals surface area contributed by atoms with Crippen molar-refractivity contribution in [3.8, 4) is 0 Å². The Morgan fingerprint density at radius 3 is 2.68 bits per heavy atom. The van der Waals surface area contributed by atoms with Gasteiger partial charge in [0.15, 0.2) is 0 Å². The number of hydroxylamine groups is 1. The molecule has 1 saturated heterocycles. The van der Waals surface area contributed by atoms with E-state index in [1.165, 1.54) is 11.6 Å². The number of benzene rings is 2. The van der Waals surface area contributed by atoms with Crippen LogP contribution in [0.15, 0.2) is 48.5 Å². The van der Waals surface area contributed by atoms with Gasteiger partial charge in [0.05, 0.1) is 0 Å². The van der Waals surface area contributed by atoms with Crippen molar-refractivity contribution in [3.63, 3.8) is 0 Å². The maximum absolute atomic E-state index is 14.1. The molecule has 0 aromatic heterocycles. The molecule has 0 aliphatic carbocycles. The van der Waals surface area contributed by atoms with Gasteiger partial charge in [-0.2, -0.15) is 0 Å².